The number of benzene rings is 2. The first-order valence-corrected chi connectivity index (χ1v) is 9.76. The van der Waals surface area contributed by atoms with E-state index in [0.29, 0.717) is 26.3 Å². The van der Waals surface area contributed by atoms with Gasteiger partial charge >= 0.3 is 6.03 Å². The van der Waals surface area contributed by atoms with Gasteiger partial charge < -0.3 is 19.7 Å². The van der Waals surface area contributed by atoms with Crippen LogP contribution in [0.2, 0.25) is 0 Å². The fourth-order valence-corrected chi connectivity index (χ4v) is 3.46. The van der Waals surface area contributed by atoms with Gasteiger partial charge in [-0.2, -0.15) is 0 Å². The predicted molar refractivity (Wildman–Crippen MR) is 109 cm³/mol. The maximum absolute atomic E-state index is 13.8. The molecule has 1 unspecified atom stereocenters. The second-order valence-electron chi connectivity index (χ2n) is 7.11. The maximum atomic E-state index is 13.8. The van der Waals surface area contributed by atoms with E-state index in [4.69, 9.17) is 9.47 Å². The molecule has 0 aliphatic carbocycles. The van der Waals surface area contributed by atoms with Crippen molar-refractivity contribution in [2.24, 2.45) is 0 Å². The Morgan fingerprint density at radius 2 is 1.97 bits per heavy atom. The summed E-state index contributed by atoms with van der Waals surface area (Å²) < 4.78 is 24.4. The lowest BCUT2D eigenvalue weighted by Crippen LogP contribution is -2.46. The molecule has 0 spiro atoms. The smallest absolute Gasteiger partial charge is 0.317 e. The Kier molecular flexibility index (Phi) is 7.43. The highest BCUT2D eigenvalue weighted by Crippen LogP contribution is 2.22. The van der Waals surface area contributed by atoms with Gasteiger partial charge in [0.15, 0.2) is 0 Å². The minimum atomic E-state index is -0.274. The lowest BCUT2D eigenvalue weighted by molar-refractivity contribution is 0.0164. The van der Waals surface area contributed by atoms with Crippen molar-refractivity contribution in [1.29, 1.82) is 0 Å². The topological polar surface area (TPSA) is 54.0 Å². The van der Waals surface area contributed by atoms with Gasteiger partial charge in [0.2, 0.25) is 0 Å². The number of rotatable bonds is 7. The van der Waals surface area contributed by atoms with Gasteiger partial charge in [-0.3, -0.25) is 4.90 Å². The van der Waals surface area contributed by atoms with E-state index in [2.05, 4.69) is 10.2 Å². The molecule has 1 atom stereocenters. The van der Waals surface area contributed by atoms with E-state index in [9.17, 15) is 9.18 Å². The lowest BCUT2D eigenvalue weighted by Gasteiger charge is -2.35. The van der Waals surface area contributed by atoms with Crippen molar-refractivity contribution in [2.45, 2.75) is 12.6 Å². The minimum Gasteiger partial charge on any atom is -0.497 e. The number of nitrogens with zero attached hydrogens (tertiary/aromatic N) is 2. The van der Waals surface area contributed by atoms with Crippen LogP contribution in [0.15, 0.2) is 48.5 Å². The molecule has 1 aliphatic heterocycles. The fraction of sp³-hybridized carbons (Fsp3) is 0.409. The molecule has 1 N–H and O–H groups in total. The molecule has 2 aromatic carbocycles. The van der Waals surface area contributed by atoms with Gasteiger partial charge in [0.1, 0.15) is 11.6 Å². The van der Waals surface area contributed by atoms with E-state index in [-0.39, 0.29) is 17.9 Å². The molecule has 0 bridgehead atoms. The highest BCUT2D eigenvalue weighted by molar-refractivity contribution is 5.73. The molecule has 2 amide bonds. The molecule has 0 radical (unpaired) electrons. The van der Waals surface area contributed by atoms with Crippen molar-refractivity contribution < 1.29 is 18.7 Å². The molecule has 1 heterocycles. The summed E-state index contributed by atoms with van der Waals surface area (Å²) in [6, 6.07) is 13.9. The Morgan fingerprint density at radius 3 is 2.62 bits per heavy atom. The van der Waals surface area contributed by atoms with E-state index in [1.54, 1.807) is 25.1 Å². The highest BCUT2D eigenvalue weighted by Gasteiger charge is 2.24. The van der Waals surface area contributed by atoms with Gasteiger partial charge in [0.05, 0.1) is 26.4 Å². The maximum Gasteiger partial charge on any atom is 0.317 e. The molecule has 1 saturated heterocycles. The number of halogens is 1. The number of amides is 2. The molecule has 156 valence electrons. The summed E-state index contributed by atoms with van der Waals surface area (Å²) in [5.41, 5.74) is 1.86. The van der Waals surface area contributed by atoms with E-state index in [1.165, 1.54) is 12.1 Å². The number of morpholine rings is 1. The number of carbonyl (C=O) groups excluding carboxylic acids is 1. The summed E-state index contributed by atoms with van der Waals surface area (Å²) in [7, 11) is 3.38. The Morgan fingerprint density at radius 1 is 1.24 bits per heavy atom. The van der Waals surface area contributed by atoms with Crippen molar-refractivity contribution in [3.05, 3.63) is 65.5 Å². The first-order valence-electron chi connectivity index (χ1n) is 9.76. The second-order valence-corrected chi connectivity index (χ2v) is 7.11. The van der Waals surface area contributed by atoms with Crippen LogP contribution < -0.4 is 10.1 Å². The number of urea groups is 1. The third kappa shape index (κ3) is 5.92. The predicted octanol–water partition coefficient (Wildman–Crippen LogP) is 3.05. The van der Waals surface area contributed by atoms with Crippen LogP contribution in [-0.4, -0.2) is 62.8 Å². The zero-order valence-corrected chi connectivity index (χ0v) is 16.9. The largest absolute Gasteiger partial charge is 0.497 e. The van der Waals surface area contributed by atoms with E-state index < -0.39 is 0 Å². The molecule has 3 rings (SSSR count). The van der Waals surface area contributed by atoms with Gasteiger partial charge in [0, 0.05) is 33.2 Å². The molecular weight excluding hydrogens is 373 g/mol. The number of ether oxygens (including phenoxy) is 2. The van der Waals surface area contributed by atoms with Crippen LogP contribution in [0.25, 0.3) is 0 Å². The second kappa shape index (κ2) is 10.2. The average Bonchev–Trinajstić information content (AvgIpc) is 2.75. The Balaban J connectivity index is 1.62. The van der Waals surface area contributed by atoms with Crippen LogP contribution >= 0.6 is 0 Å². The third-order valence-electron chi connectivity index (χ3n) is 5.09. The summed E-state index contributed by atoms with van der Waals surface area (Å²) in [4.78, 5) is 16.5. The van der Waals surface area contributed by atoms with Crippen molar-refractivity contribution in [3.8, 4) is 5.75 Å². The standard InChI is InChI=1S/C22H28FN3O3/c1-25(16-17-6-8-20(28-2)9-7-17)22(27)24-15-21(26-10-12-29-13-11-26)18-4-3-5-19(23)14-18/h3-9,14,21H,10-13,15-16H2,1-2H3,(H,24,27). The number of carbonyl (C=O) groups is 1. The summed E-state index contributed by atoms with van der Waals surface area (Å²) in [5.74, 6) is 0.507. The zero-order valence-electron chi connectivity index (χ0n) is 16.9. The third-order valence-corrected chi connectivity index (χ3v) is 5.09. The van der Waals surface area contributed by atoms with Gasteiger partial charge in [0.25, 0.3) is 0 Å². The molecule has 1 fully saturated rings. The SMILES string of the molecule is COc1ccc(CN(C)C(=O)NCC(c2cccc(F)c2)N2CCOCC2)cc1. The summed E-state index contributed by atoms with van der Waals surface area (Å²) >= 11 is 0. The van der Waals surface area contributed by atoms with E-state index in [0.717, 1.165) is 30.0 Å². The monoisotopic (exact) mass is 401 g/mol. The molecule has 0 saturated carbocycles. The normalized spacial score (nSPS) is 15.6. The number of hydrogen-bond donors (Lipinski definition) is 1. The van der Waals surface area contributed by atoms with Crippen LogP contribution in [-0.2, 0) is 11.3 Å². The molecule has 7 heteroatoms. The van der Waals surface area contributed by atoms with Gasteiger partial charge in [-0.25, -0.2) is 9.18 Å². The van der Waals surface area contributed by atoms with Crippen LogP contribution in [0, 0.1) is 5.82 Å². The number of hydrogen-bond acceptors (Lipinski definition) is 4. The van der Waals surface area contributed by atoms with Crippen LogP contribution in [0.5, 0.6) is 5.75 Å². The first-order chi connectivity index (χ1) is 14.1. The van der Waals surface area contributed by atoms with Gasteiger partial charge in [-0.1, -0.05) is 24.3 Å². The zero-order chi connectivity index (χ0) is 20.6. The molecule has 1 aliphatic rings. The van der Waals surface area contributed by atoms with Crippen molar-refractivity contribution in [1.82, 2.24) is 15.1 Å². The Hall–Kier alpha value is -2.64. The first kappa shape index (κ1) is 21.1. The lowest BCUT2D eigenvalue weighted by atomic mass is 10.0. The molecule has 29 heavy (non-hydrogen) atoms. The van der Waals surface area contributed by atoms with Crippen LogP contribution in [0.1, 0.15) is 17.2 Å². The van der Waals surface area contributed by atoms with Crippen molar-refractivity contribution >= 4 is 6.03 Å². The molecule has 2 aromatic rings. The van der Waals surface area contributed by atoms with Crippen LogP contribution in [0.4, 0.5) is 9.18 Å². The molecule has 6 nitrogen and oxygen atoms in total. The molecular formula is C22H28FN3O3. The number of methoxy groups -OCH3 is 1. The van der Waals surface area contributed by atoms with E-state index in [1.807, 2.05) is 30.3 Å². The van der Waals surface area contributed by atoms with Crippen molar-refractivity contribution in [3.63, 3.8) is 0 Å². The van der Waals surface area contributed by atoms with Crippen LogP contribution in [0.3, 0.4) is 0 Å². The highest BCUT2D eigenvalue weighted by atomic mass is 19.1. The summed E-state index contributed by atoms with van der Waals surface area (Å²) in [6.07, 6.45) is 0. The minimum absolute atomic E-state index is 0.104. The van der Waals surface area contributed by atoms with Gasteiger partial charge in [-0.15, -0.1) is 0 Å². The number of nitrogens with one attached hydrogen (secondary N) is 1. The average molecular weight is 401 g/mol. The summed E-state index contributed by atoms with van der Waals surface area (Å²) in [6.45, 7) is 3.65. The Bertz CT molecular complexity index is 794. The van der Waals surface area contributed by atoms with Crippen molar-refractivity contribution in [2.75, 3.05) is 47.0 Å². The summed E-state index contributed by atoms with van der Waals surface area (Å²) in [5, 5.41) is 3.00. The van der Waals surface area contributed by atoms with E-state index >= 15 is 0 Å². The Labute approximate surface area is 171 Å². The quantitative estimate of drug-likeness (QED) is 0.775. The molecule has 0 aromatic heterocycles. The van der Waals surface area contributed by atoms with Gasteiger partial charge in [-0.05, 0) is 35.4 Å². The fourth-order valence-electron chi connectivity index (χ4n) is 3.46.